The number of carbonyl (C=O) groups is 1. The number of amides is 1. The van der Waals surface area contributed by atoms with Gasteiger partial charge in [0.1, 0.15) is 0 Å². The van der Waals surface area contributed by atoms with E-state index in [1.54, 1.807) is 6.92 Å². The Balaban J connectivity index is 0.00000220. The molecule has 0 spiro atoms. The standard InChI is InChI=1S/C14H20N2O3S.ClH/c1-2-20(18,19)12-7-5-11(6-8-12)14(17)16-9-13(15)10-3-4-10;/h5-8,10,13H,2-4,9,15H2,1H3,(H,16,17);1H. The van der Waals surface area contributed by atoms with Gasteiger partial charge in [-0.3, -0.25) is 4.79 Å². The first-order valence-electron chi connectivity index (χ1n) is 6.80. The quantitative estimate of drug-likeness (QED) is 0.823. The summed E-state index contributed by atoms with van der Waals surface area (Å²) in [6, 6.07) is 6.00. The van der Waals surface area contributed by atoms with Gasteiger partial charge in [-0.15, -0.1) is 12.4 Å². The van der Waals surface area contributed by atoms with E-state index in [0.717, 1.165) is 12.8 Å². The minimum Gasteiger partial charge on any atom is -0.350 e. The van der Waals surface area contributed by atoms with Crippen molar-refractivity contribution >= 4 is 28.2 Å². The van der Waals surface area contributed by atoms with E-state index in [-0.39, 0.29) is 35.0 Å². The number of nitrogens with two attached hydrogens (primary N) is 1. The maximum atomic E-state index is 11.9. The number of hydrogen-bond donors (Lipinski definition) is 2. The van der Waals surface area contributed by atoms with Crippen LogP contribution in [-0.4, -0.2) is 32.7 Å². The van der Waals surface area contributed by atoms with Crippen LogP contribution in [0.5, 0.6) is 0 Å². The van der Waals surface area contributed by atoms with E-state index in [1.165, 1.54) is 24.3 Å². The van der Waals surface area contributed by atoms with E-state index in [4.69, 9.17) is 5.73 Å². The van der Waals surface area contributed by atoms with Gasteiger partial charge in [0.2, 0.25) is 0 Å². The third-order valence-electron chi connectivity index (χ3n) is 3.58. The van der Waals surface area contributed by atoms with Gasteiger partial charge in [-0.2, -0.15) is 0 Å². The molecule has 1 aliphatic rings. The third kappa shape index (κ3) is 4.69. The van der Waals surface area contributed by atoms with Crippen molar-refractivity contribution < 1.29 is 13.2 Å². The van der Waals surface area contributed by atoms with Crippen LogP contribution < -0.4 is 11.1 Å². The summed E-state index contributed by atoms with van der Waals surface area (Å²) < 4.78 is 23.3. The molecule has 0 aliphatic heterocycles. The number of benzene rings is 1. The number of carbonyl (C=O) groups excluding carboxylic acids is 1. The highest BCUT2D eigenvalue weighted by atomic mass is 35.5. The first-order chi connectivity index (χ1) is 9.44. The molecule has 1 saturated carbocycles. The van der Waals surface area contributed by atoms with Crippen LogP contribution in [0.3, 0.4) is 0 Å². The van der Waals surface area contributed by atoms with Gasteiger partial charge in [0.05, 0.1) is 10.6 Å². The van der Waals surface area contributed by atoms with Crippen molar-refractivity contribution in [3.05, 3.63) is 29.8 Å². The van der Waals surface area contributed by atoms with E-state index >= 15 is 0 Å². The van der Waals surface area contributed by atoms with E-state index in [9.17, 15) is 13.2 Å². The van der Waals surface area contributed by atoms with Gasteiger partial charge < -0.3 is 11.1 Å². The molecule has 1 atom stereocenters. The molecule has 118 valence electrons. The fourth-order valence-corrected chi connectivity index (χ4v) is 2.87. The van der Waals surface area contributed by atoms with E-state index < -0.39 is 9.84 Å². The molecule has 21 heavy (non-hydrogen) atoms. The molecule has 1 aliphatic carbocycles. The lowest BCUT2D eigenvalue weighted by atomic mass is 10.2. The summed E-state index contributed by atoms with van der Waals surface area (Å²) in [5, 5.41) is 2.78. The lowest BCUT2D eigenvalue weighted by Gasteiger charge is -2.11. The van der Waals surface area contributed by atoms with Gasteiger partial charge in [-0.25, -0.2) is 8.42 Å². The van der Waals surface area contributed by atoms with Crippen LogP contribution in [0.2, 0.25) is 0 Å². The Morgan fingerprint density at radius 1 is 1.33 bits per heavy atom. The zero-order valence-corrected chi connectivity index (χ0v) is 13.5. The highest BCUT2D eigenvalue weighted by molar-refractivity contribution is 7.91. The summed E-state index contributed by atoms with van der Waals surface area (Å²) in [5.74, 6) is 0.364. The molecule has 2 rings (SSSR count). The summed E-state index contributed by atoms with van der Waals surface area (Å²) in [4.78, 5) is 12.1. The van der Waals surface area contributed by atoms with Crippen LogP contribution in [0.1, 0.15) is 30.1 Å². The second-order valence-corrected chi connectivity index (χ2v) is 7.42. The number of hydrogen-bond acceptors (Lipinski definition) is 4. The van der Waals surface area contributed by atoms with Gasteiger partial charge in [-0.1, -0.05) is 6.92 Å². The van der Waals surface area contributed by atoms with Crippen molar-refractivity contribution in [1.82, 2.24) is 5.32 Å². The summed E-state index contributed by atoms with van der Waals surface area (Å²) in [7, 11) is -3.22. The summed E-state index contributed by atoms with van der Waals surface area (Å²) in [5.41, 5.74) is 6.36. The molecule has 1 aromatic carbocycles. The molecule has 0 aromatic heterocycles. The normalized spacial score (nSPS) is 15.9. The van der Waals surface area contributed by atoms with Gasteiger partial charge in [0.15, 0.2) is 9.84 Å². The lowest BCUT2D eigenvalue weighted by molar-refractivity contribution is 0.0950. The number of nitrogens with one attached hydrogen (secondary N) is 1. The lowest BCUT2D eigenvalue weighted by Crippen LogP contribution is -2.38. The van der Waals surface area contributed by atoms with Crippen molar-refractivity contribution in [3.63, 3.8) is 0 Å². The average Bonchev–Trinajstić information content (AvgIpc) is 3.29. The van der Waals surface area contributed by atoms with Gasteiger partial charge >= 0.3 is 0 Å². The molecule has 3 N–H and O–H groups in total. The second kappa shape index (κ2) is 7.24. The number of rotatable bonds is 6. The smallest absolute Gasteiger partial charge is 0.251 e. The van der Waals surface area contributed by atoms with Gasteiger partial charge in [0.25, 0.3) is 5.91 Å². The topological polar surface area (TPSA) is 89.3 Å². The first kappa shape index (κ1) is 17.9. The Labute approximate surface area is 131 Å². The SMILES string of the molecule is CCS(=O)(=O)c1ccc(C(=O)NCC(N)C2CC2)cc1.Cl. The van der Waals surface area contributed by atoms with Crippen molar-refractivity contribution in [2.45, 2.75) is 30.7 Å². The van der Waals surface area contributed by atoms with Crippen LogP contribution in [0.4, 0.5) is 0 Å². The Bertz CT molecular complexity index is 583. The average molecular weight is 333 g/mol. The zero-order valence-electron chi connectivity index (χ0n) is 11.9. The van der Waals surface area contributed by atoms with Crippen molar-refractivity contribution in [1.29, 1.82) is 0 Å². The maximum Gasteiger partial charge on any atom is 0.251 e. The van der Waals surface area contributed by atoms with Crippen molar-refractivity contribution in [3.8, 4) is 0 Å². The predicted octanol–water partition coefficient (Wildman–Crippen LogP) is 1.37. The zero-order chi connectivity index (χ0) is 14.8. The number of sulfone groups is 1. The molecule has 5 nitrogen and oxygen atoms in total. The van der Waals surface area contributed by atoms with E-state index in [0.29, 0.717) is 18.0 Å². The molecule has 0 saturated heterocycles. The predicted molar refractivity (Wildman–Crippen MR) is 84.4 cm³/mol. The fourth-order valence-electron chi connectivity index (χ4n) is 1.98. The van der Waals surface area contributed by atoms with Crippen LogP contribution in [0.15, 0.2) is 29.2 Å². The van der Waals surface area contributed by atoms with Crippen LogP contribution >= 0.6 is 12.4 Å². The van der Waals surface area contributed by atoms with E-state index in [1.807, 2.05) is 0 Å². The Morgan fingerprint density at radius 3 is 2.38 bits per heavy atom. The summed E-state index contributed by atoms with van der Waals surface area (Å²) >= 11 is 0. The summed E-state index contributed by atoms with van der Waals surface area (Å²) in [6.07, 6.45) is 2.28. The van der Waals surface area contributed by atoms with Gasteiger partial charge in [-0.05, 0) is 43.0 Å². The highest BCUT2D eigenvalue weighted by Gasteiger charge is 2.28. The first-order valence-corrected chi connectivity index (χ1v) is 8.46. The molecule has 7 heteroatoms. The fraction of sp³-hybridized carbons (Fsp3) is 0.500. The molecule has 1 amide bonds. The molecule has 0 heterocycles. The van der Waals surface area contributed by atoms with Crippen LogP contribution in [0.25, 0.3) is 0 Å². The molecule has 0 bridgehead atoms. The Kier molecular flexibility index (Phi) is 6.19. The Hall–Kier alpha value is -1.11. The molecule has 1 unspecified atom stereocenters. The van der Waals surface area contributed by atoms with E-state index in [2.05, 4.69) is 5.32 Å². The third-order valence-corrected chi connectivity index (χ3v) is 5.33. The maximum absolute atomic E-state index is 11.9. The van der Waals surface area contributed by atoms with Crippen molar-refractivity contribution in [2.24, 2.45) is 11.7 Å². The molecule has 0 radical (unpaired) electrons. The minimum absolute atomic E-state index is 0. The summed E-state index contributed by atoms with van der Waals surface area (Å²) in [6.45, 7) is 2.05. The van der Waals surface area contributed by atoms with Crippen molar-refractivity contribution in [2.75, 3.05) is 12.3 Å². The number of halogens is 1. The monoisotopic (exact) mass is 332 g/mol. The Morgan fingerprint density at radius 2 is 1.90 bits per heavy atom. The highest BCUT2D eigenvalue weighted by Crippen LogP contribution is 2.31. The van der Waals surface area contributed by atoms with Crippen LogP contribution in [0, 0.1) is 5.92 Å². The minimum atomic E-state index is -3.22. The molecular formula is C14H21ClN2O3S. The largest absolute Gasteiger partial charge is 0.350 e. The molecular weight excluding hydrogens is 312 g/mol. The van der Waals surface area contributed by atoms with Gasteiger partial charge in [0, 0.05) is 18.2 Å². The molecule has 1 aromatic rings. The molecule has 1 fully saturated rings. The van der Waals surface area contributed by atoms with Crippen LogP contribution in [-0.2, 0) is 9.84 Å². The second-order valence-electron chi connectivity index (χ2n) is 5.14.